The van der Waals surface area contributed by atoms with Gasteiger partial charge >= 0.3 is 0 Å². The molecule has 1 aliphatic carbocycles. The third-order valence-corrected chi connectivity index (χ3v) is 5.63. The molecule has 2 heterocycles. The third-order valence-electron chi connectivity index (χ3n) is 5.63. The molecule has 2 saturated heterocycles. The fourth-order valence-electron chi connectivity index (χ4n) is 4.25. The van der Waals surface area contributed by atoms with Gasteiger partial charge in [0.15, 0.2) is 0 Å². The van der Waals surface area contributed by atoms with Crippen molar-refractivity contribution in [2.24, 2.45) is 5.41 Å². The Hall–Kier alpha value is -0.120. The molecule has 2 aliphatic heterocycles. The lowest BCUT2D eigenvalue weighted by Gasteiger charge is -2.45. The number of aliphatic hydroxyl groups is 1. The number of hydrogen-bond acceptors (Lipinski definition) is 3. The van der Waals surface area contributed by atoms with Gasteiger partial charge < -0.3 is 15.3 Å². The normalized spacial score (nSPS) is 31.8. The van der Waals surface area contributed by atoms with Gasteiger partial charge in [0.25, 0.3) is 0 Å². The molecule has 3 aliphatic rings. The van der Waals surface area contributed by atoms with E-state index in [0.717, 1.165) is 19.4 Å². The van der Waals surface area contributed by atoms with E-state index in [4.69, 9.17) is 0 Å². The third kappa shape index (κ3) is 2.73. The van der Waals surface area contributed by atoms with E-state index < -0.39 is 0 Å². The van der Waals surface area contributed by atoms with Gasteiger partial charge in [-0.25, -0.2) is 0 Å². The van der Waals surface area contributed by atoms with E-state index in [1.54, 1.807) is 0 Å². The number of rotatable bonds is 2. The van der Waals surface area contributed by atoms with E-state index in [-0.39, 0.29) is 5.60 Å². The van der Waals surface area contributed by atoms with Crippen LogP contribution in [0.3, 0.4) is 0 Å². The van der Waals surface area contributed by atoms with Crippen LogP contribution in [0.2, 0.25) is 0 Å². The van der Waals surface area contributed by atoms with Crippen molar-refractivity contribution in [1.82, 2.24) is 10.2 Å². The van der Waals surface area contributed by atoms with Crippen LogP contribution in [0.4, 0.5) is 0 Å². The van der Waals surface area contributed by atoms with Gasteiger partial charge in [0, 0.05) is 6.54 Å². The van der Waals surface area contributed by atoms with Crippen molar-refractivity contribution in [2.45, 2.75) is 57.0 Å². The Balaban J connectivity index is 1.50. The van der Waals surface area contributed by atoms with Crippen molar-refractivity contribution >= 4 is 0 Å². The first-order valence-electron chi connectivity index (χ1n) is 7.85. The zero-order valence-electron chi connectivity index (χ0n) is 11.6. The number of hydrogen-bond donors (Lipinski definition) is 2. The molecule has 0 aromatic carbocycles. The van der Waals surface area contributed by atoms with Gasteiger partial charge in [0.1, 0.15) is 0 Å². The average molecular weight is 252 g/mol. The second-order valence-electron chi connectivity index (χ2n) is 6.96. The zero-order valence-corrected chi connectivity index (χ0v) is 11.6. The van der Waals surface area contributed by atoms with Crippen molar-refractivity contribution in [1.29, 1.82) is 0 Å². The molecule has 3 heteroatoms. The topological polar surface area (TPSA) is 35.5 Å². The highest BCUT2D eigenvalue weighted by molar-refractivity contribution is 4.93. The van der Waals surface area contributed by atoms with Crippen LogP contribution < -0.4 is 5.32 Å². The van der Waals surface area contributed by atoms with Crippen molar-refractivity contribution in [3.63, 3.8) is 0 Å². The Morgan fingerprint density at radius 3 is 2.11 bits per heavy atom. The molecule has 0 radical (unpaired) electrons. The van der Waals surface area contributed by atoms with Crippen LogP contribution in [-0.2, 0) is 0 Å². The minimum Gasteiger partial charge on any atom is -0.389 e. The first-order valence-corrected chi connectivity index (χ1v) is 7.85. The summed E-state index contributed by atoms with van der Waals surface area (Å²) in [6.07, 6.45) is 9.93. The summed E-state index contributed by atoms with van der Waals surface area (Å²) in [5.41, 5.74) is 0.290. The number of nitrogens with zero attached hydrogens (tertiary/aromatic N) is 1. The van der Waals surface area contributed by atoms with E-state index in [1.807, 2.05) is 0 Å². The van der Waals surface area contributed by atoms with Gasteiger partial charge in [0.2, 0.25) is 0 Å². The van der Waals surface area contributed by atoms with Gasteiger partial charge in [-0.2, -0.15) is 0 Å². The molecular formula is C15H28N2O. The smallest absolute Gasteiger partial charge is 0.0774 e. The van der Waals surface area contributed by atoms with Crippen molar-refractivity contribution in [2.75, 3.05) is 32.7 Å². The zero-order chi connectivity index (χ0) is 12.5. The predicted octanol–water partition coefficient (Wildman–Crippen LogP) is 1.76. The fraction of sp³-hybridized carbons (Fsp3) is 1.00. The summed E-state index contributed by atoms with van der Waals surface area (Å²) < 4.78 is 0. The average Bonchev–Trinajstić information content (AvgIpc) is 2.81. The highest BCUT2D eigenvalue weighted by atomic mass is 16.3. The summed E-state index contributed by atoms with van der Waals surface area (Å²) >= 11 is 0. The summed E-state index contributed by atoms with van der Waals surface area (Å²) in [5.74, 6) is 0. The first-order chi connectivity index (χ1) is 8.70. The molecule has 0 atom stereocenters. The second-order valence-corrected chi connectivity index (χ2v) is 6.96. The van der Waals surface area contributed by atoms with Gasteiger partial charge in [0.05, 0.1) is 5.60 Å². The Bertz CT molecular complexity index is 270. The first kappa shape index (κ1) is 12.9. The second kappa shape index (κ2) is 5.10. The van der Waals surface area contributed by atoms with E-state index >= 15 is 0 Å². The molecule has 3 fully saturated rings. The Labute approximate surface area is 111 Å². The molecule has 0 aromatic heterocycles. The molecule has 0 amide bonds. The minimum atomic E-state index is -0.349. The Morgan fingerprint density at radius 2 is 1.50 bits per heavy atom. The standard InChI is InChI=1S/C15H28N2O/c18-15(3-1-2-4-15)13-17-11-7-14(8-12-17)5-9-16-10-6-14/h16,18H,1-13H2. The molecule has 1 saturated carbocycles. The maximum Gasteiger partial charge on any atom is 0.0774 e. The molecule has 3 rings (SSSR count). The van der Waals surface area contributed by atoms with Crippen LogP contribution in [0.15, 0.2) is 0 Å². The molecule has 104 valence electrons. The Morgan fingerprint density at radius 1 is 0.889 bits per heavy atom. The van der Waals surface area contributed by atoms with E-state index in [0.29, 0.717) is 5.41 Å². The van der Waals surface area contributed by atoms with Crippen LogP contribution in [0.5, 0.6) is 0 Å². The quantitative estimate of drug-likeness (QED) is 0.786. The summed E-state index contributed by atoms with van der Waals surface area (Å²) in [6, 6.07) is 0. The summed E-state index contributed by atoms with van der Waals surface area (Å²) in [6.45, 7) is 5.78. The minimum absolute atomic E-state index is 0.349. The van der Waals surface area contributed by atoms with E-state index in [9.17, 15) is 5.11 Å². The Kier molecular flexibility index (Phi) is 3.65. The number of piperidine rings is 2. The summed E-state index contributed by atoms with van der Waals surface area (Å²) in [7, 11) is 0. The molecule has 3 nitrogen and oxygen atoms in total. The highest BCUT2D eigenvalue weighted by Gasteiger charge is 2.38. The number of likely N-dealkylation sites (tertiary alicyclic amines) is 1. The van der Waals surface area contributed by atoms with Crippen LogP contribution in [-0.4, -0.2) is 48.3 Å². The van der Waals surface area contributed by atoms with Crippen LogP contribution in [0.25, 0.3) is 0 Å². The molecule has 0 bridgehead atoms. The maximum atomic E-state index is 10.5. The lowest BCUT2D eigenvalue weighted by atomic mass is 9.71. The fourth-order valence-corrected chi connectivity index (χ4v) is 4.25. The van der Waals surface area contributed by atoms with Crippen molar-refractivity contribution in [3.05, 3.63) is 0 Å². The van der Waals surface area contributed by atoms with E-state index in [1.165, 1.54) is 64.7 Å². The van der Waals surface area contributed by atoms with Crippen LogP contribution in [0.1, 0.15) is 51.4 Å². The van der Waals surface area contributed by atoms with E-state index in [2.05, 4.69) is 10.2 Å². The number of nitrogens with one attached hydrogen (secondary N) is 1. The summed E-state index contributed by atoms with van der Waals surface area (Å²) in [4.78, 5) is 2.53. The molecule has 0 aromatic rings. The number of β-amino-alcohol motifs (C(OH)–C–C–N with tert-alkyl or cyclic N) is 1. The maximum absolute atomic E-state index is 10.5. The largest absolute Gasteiger partial charge is 0.389 e. The van der Waals surface area contributed by atoms with Crippen molar-refractivity contribution < 1.29 is 5.11 Å². The molecule has 1 spiro atoms. The monoisotopic (exact) mass is 252 g/mol. The van der Waals surface area contributed by atoms with Crippen LogP contribution in [0, 0.1) is 5.41 Å². The van der Waals surface area contributed by atoms with Gasteiger partial charge in [-0.1, -0.05) is 12.8 Å². The predicted molar refractivity (Wildman–Crippen MR) is 73.6 cm³/mol. The molecule has 18 heavy (non-hydrogen) atoms. The van der Waals surface area contributed by atoms with Gasteiger partial charge in [-0.15, -0.1) is 0 Å². The highest BCUT2D eigenvalue weighted by Crippen LogP contribution is 2.40. The van der Waals surface area contributed by atoms with Gasteiger partial charge in [-0.05, 0) is 70.1 Å². The lowest BCUT2D eigenvalue weighted by Crippen LogP contribution is -2.49. The van der Waals surface area contributed by atoms with Crippen molar-refractivity contribution in [3.8, 4) is 0 Å². The van der Waals surface area contributed by atoms with Gasteiger partial charge in [-0.3, -0.25) is 0 Å². The molecule has 0 unspecified atom stereocenters. The summed E-state index contributed by atoms with van der Waals surface area (Å²) in [5, 5.41) is 14.0. The molecular weight excluding hydrogens is 224 g/mol. The SMILES string of the molecule is OC1(CN2CCC3(CCNCC3)CC2)CCCC1. The lowest BCUT2D eigenvalue weighted by molar-refractivity contribution is -0.0151. The molecule has 2 N–H and O–H groups in total. The van der Waals surface area contributed by atoms with Crippen LogP contribution >= 0.6 is 0 Å².